The van der Waals surface area contributed by atoms with E-state index in [4.69, 9.17) is 19.4 Å². The zero-order chi connectivity index (χ0) is 27.3. The Hall–Kier alpha value is -4.34. The quantitative estimate of drug-likeness (QED) is 0.260. The molecule has 204 valence electrons. The number of hydrogen-bond donors (Lipinski definition) is 3. The van der Waals surface area contributed by atoms with E-state index in [1.54, 1.807) is 7.11 Å². The lowest BCUT2D eigenvalue weighted by Gasteiger charge is -2.21. The van der Waals surface area contributed by atoms with Gasteiger partial charge in [0.25, 0.3) is 0 Å². The second kappa shape index (κ2) is 11.8. The number of anilines is 3. The van der Waals surface area contributed by atoms with Crippen LogP contribution < -0.4 is 20.7 Å². The van der Waals surface area contributed by atoms with E-state index in [0.717, 1.165) is 59.3 Å². The molecule has 3 heterocycles. The van der Waals surface area contributed by atoms with E-state index in [1.165, 1.54) is 5.56 Å². The minimum atomic E-state index is 0.0234. The number of aromatic nitrogens is 2. The van der Waals surface area contributed by atoms with Crippen molar-refractivity contribution in [1.82, 2.24) is 15.3 Å². The topological polar surface area (TPSA) is 110 Å². The highest BCUT2D eigenvalue weighted by atomic mass is 16.5. The van der Waals surface area contributed by atoms with Gasteiger partial charge in [0.1, 0.15) is 18.2 Å². The number of hydrogen-bond acceptors (Lipinski definition) is 8. The molecule has 0 spiro atoms. The lowest BCUT2D eigenvalue weighted by Crippen LogP contribution is -2.34. The summed E-state index contributed by atoms with van der Waals surface area (Å²) in [5, 5.41) is 10.7. The molecule has 3 aromatic carbocycles. The van der Waals surface area contributed by atoms with E-state index in [1.807, 2.05) is 54.7 Å². The molecule has 40 heavy (non-hydrogen) atoms. The molecule has 1 aromatic heterocycles. The third-order valence-corrected chi connectivity index (χ3v) is 7.22. The fourth-order valence-corrected chi connectivity index (χ4v) is 5.04. The second-order valence-corrected chi connectivity index (χ2v) is 10.0. The van der Waals surface area contributed by atoms with Gasteiger partial charge in [-0.15, -0.1) is 0 Å². The average molecular weight is 537 g/mol. The van der Waals surface area contributed by atoms with Crippen LogP contribution in [0.25, 0.3) is 22.3 Å². The molecule has 3 N–H and O–H groups in total. The molecule has 0 atom stereocenters. The lowest BCUT2D eigenvalue weighted by atomic mass is 9.97. The van der Waals surface area contributed by atoms with Gasteiger partial charge in [0.2, 0.25) is 5.91 Å². The highest BCUT2D eigenvalue weighted by Crippen LogP contribution is 2.32. The third-order valence-electron chi connectivity index (χ3n) is 7.22. The fraction of sp³-hybridized carbons (Fsp3) is 0.290. The number of carbonyl (C=O) groups is 1. The molecule has 9 heteroatoms. The number of methoxy groups -OCH3 is 1. The maximum absolute atomic E-state index is 12.8. The molecular weight excluding hydrogens is 504 g/mol. The summed E-state index contributed by atoms with van der Waals surface area (Å²) in [5.74, 6) is 2.02. The van der Waals surface area contributed by atoms with Crippen LogP contribution in [0.4, 0.5) is 17.2 Å². The normalized spacial score (nSPS) is 14.7. The van der Waals surface area contributed by atoms with Crippen molar-refractivity contribution in [3.05, 3.63) is 71.8 Å². The molecule has 6 rings (SSSR count). The molecule has 1 fully saturated rings. The smallest absolute Gasteiger partial charge is 0.227 e. The van der Waals surface area contributed by atoms with E-state index < -0.39 is 0 Å². The van der Waals surface area contributed by atoms with Crippen LogP contribution in [-0.2, 0) is 16.1 Å². The number of piperidine rings is 1. The number of aliphatic imine (C=N–C) groups is 1. The van der Waals surface area contributed by atoms with Crippen LogP contribution in [0.15, 0.2) is 65.7 Å². The molecule has 0 unspecified atom stereocenters. The van der Waals surface area contributed by atoms with Gasteiger partial charge in [-0.1, -0.05) is 18.2 Å². The summed E-state index contributed by atoms with van der Waals surface area (Å²) in [4.78, 5) is 27.0. The molecule has 0 bridgehead atoms. The SMILES string of the molecule is COCCOc1ccc2nc(-c3cccc(NC(=O)C4CCNCC4)c3)nc(Nc3ccc4c(c3)C=NC4)c2c1. The Morgan fingerprint density at radius 3 is 2.77 bits per heavy atom. The van der Waals surface area contributed by atoms with Gasteiger partial charge in [0, 0.05) is 41.6 Å². The predicted molar refractivity (Wildman–Crippen MR) is 158 cm³/mol. The molecule has 0 radical (unpaired) electrons. The minimum Gasteiger partial charge on any atom is -0.491 e. The first-order valence-corrected chi connectivity index (χ1v) is 13.6. The largest absolute Gasteiger partial charge is 0.491 e. The van der Waals surface area contributed by atoms with Crippen molar-refractivity contribution < 1.29 is 14.3 Å². The van der Waals surface area contributed by atoms with Gasteiger partial charge in [-0.05, 0) is 79.5 Å². The van der Waals surface area contributed by atoms with Crippen LogP contribution >= 0.6 is 0 Å². The summed E-state index contributed by atoms with van der Waals surface area (Å²) in [6, 6.07) is 19.7. The van der Waals surface area contributed by atoms with Crippen LogP contribution in [0.5, 0.6) is 5.75 Å². The predicted octanol–water partition coefficient (Wildman–Crippen LogP) is 4.94. The van der Waals surface area contributed by atoms with Crippen molar-refractivity contribution in [3.63, 3.8) is 0 Å². The molecule has 2 aliphatic heterocycles. The molecule has 0 aliphatic carbocycles. The zero-order valence-corrected chi connectivity index (χ0v) is 22.4. The Kier molecular flexibility index (Phi) is 7.65. The molecule has 9 nitrogen and oxygen atoms in total. The van der Waals surface area contributed by atoms with Crippen molar-refractivity contribution in [2.45, 2.75) is 19.4 Å². The second-order valence-electron chi connectivity index (χ2n) is 10.0. The van der Waals surface area contributed by atoms with Crippen LogP contribution in [-0.4, -0.2) is 55.5 Å². The number of rotatable bonds is 9. The van der Waals surface area contributed by atoms with Crippen molar-refractivity contribution in [3.8, 4) is 17.1 Å². The number of benzene rings is 3. The fourth-order valence-electron chi connectivity index (χ4n) is 5.04. The minimum absolute atomic E-state index is 0.0234. The van der Waals surface area contributed by atoms with E-state index in [-0.39, 0.29) is 11.8 Å². The lowest BCUT2D eigenvalue weighted by molar-refractivity contribution is -0.120. The molecule has 1 amide bonds. The Labute approximate surface area is 233 Å². The molecule has 4 aromatic rings. The van der Waals surface area contributed by atoms with E-state index >= 15 is 0 Å². The van der Waals surface area contributed by atoms with Gasteiger partial charge < -0.3 is 25.4 Å². The van der Waals surface area contributed by atoms with Gasteiger partial charge >= 0.3 is 0 Å². The highest BCUT2D eigenvalue weighted by molar-refractivity contribution is 5.95. The van der Waals surface area contributed by atoms with Crippen molar-refractivity contribution in [1.29, 1.82) is 0 Å². The van der Waals surface area contributed by atoms with Gasteiger partial charge in [-0.25, -0.2) is 9.97 Å². The van der Waals surface area contributed by atoms with Crippen molar-refractivity contribution in [2.24, 2.45) is 10.9 Å². The van der Waals surface area contributed by atoms with Crippen LogP contribution in [0.2, 0.25) is 0 Å². The van der Waals surface area contributed by atoms with Crippen LogP contribution in [0.1, 0.15) is 24.0 Å². The molecule has 0 saturated carbocycles. The number of carbonyl (C=O) groups excluding carboxylic acids is 1. The van der Waals surface area contributed by atoms with Crippen molar-refractivity contribution >= 4 is 40.2 Å². The van der Waals surface area contributed by atoms with Gasteiger partial charge in [-0.3, -0.25) is 9.79 Å². The number of nitrogens with one attached hydrogen (secondary N) is 3. The maximum atomic E-state index is 12.8. The Morgan fingerprint density at radius 1 is 1.00 bits per heavy atom. The molecule has 2 aliphatic rings. The monoisotopic (exact) mass is 536 g/mol. The maximum Gasteiger partial charge on any atom is 0.227 e. The number of ether oxygens (including phenoxy) is 2. The van der Waals surface area contributed by atoms with Crippen LogP contribution in [0, 0.1) is 5.92 Å². The zero-order valence-electron chi connectivity index (χ0n) is 22.4. The highest BCUT2D eigenvalue weighted by Gasteiger charge is 2.21. The van der Waals surface area contributed by atoms with Gasteiger partial charge in [-0.2, -0.15) is 0 Å². The summed E-state index contributed by atoms with van der Waals surface area (Å²) in [7, 11) is 1.65. The molecular formula is C31H32N6O3. The van der Waals surface area contributed by atoms with Crippen LogP contribution in [0.3, 0.4) is 0 Å². The van der Waals surface area contributed by atoms with E-state index in [0.29, 0.717) is 37.2 Å². The summed E-state index contributed by atoms with van der Waals surface area (Å²) in [5.41, 5.74) is 5.54. The standard InChI is InChI=1S/C31H32N6O3/c1-39-13-14-40-26-7-8-28-27(17-26)30(34-25-6-5-22-18-33-19-23(22)16-25)37-29(36-28)21-3-2-4-24(15-21)35-31(38)20-9-11-32-12-10-20/h2-8,15-17,19-20,32H,9-14,18H2,1H3,(H,35,38)(H,34,36,37). The summed E-state index contributed by atoms with van der Waals surface area (Å²) >= 11 is 0. The molecule has 1 saturated heterocycles. The van der Waals surface area contributed by atoms with E-state index in [9.17, 15) is 4.79 Å². The first-order valence-electron chi connectivity index (χ1n) is 13.6. The summed E-state index contributed by atoms with van der Waals surface area (Å²) < 4.78 is 11.0. The average Bonchev–Trinajstić information content (AvgIpc) is 3.46. The van der Waals surface area contributed by atoms with Crippen molar-refractivity contribution in [2.75, 3.05) is 44.0 Å². The van der Waals surface area contributed by atoms with Gasteiger partial charge in [0.15, 0.2) is 5.82 Å². The number of amides is 1. The first-order chi connectivity index (χ1) is 19.7. The van der Waals surface area contributed by atoms with Gasteiger partial charge in [0.05, 0.1) is 18.7 Å². The van der Waals surface area contributed by atoms with E-state index in [2.05, 4.69) is 33.1 Å². The summed E-state index contributed by atoms with van der Waals surface area (Å²) in [6.45, 7) is 3.40. The Bertz CT molecular complexity index is 1560. The Morgan fingerprint density at radius 2 is 1.90 bits per heavy atom. The summed E-state index contributed by atoms with van der Waals surface area (Å²) in [6.07, 6.45) is 3.59. The third kappa shape index (κ3) is 5.80. The number of fused-ring (bicyclic) bond motifs is 2. The Balaban J connectivity index is 1.34. The first kappa shape index (κ1) is 25.9. The number of nitrogens with zero attached hydrogens (tertiary/aromatic N) is 3.